The maximum atomic E-state index is 13.3. The van der Waals surface area contributed by atoms with E-state index < -0.39 is 58.7 Å². The van der Waals surface area contributed by atoms with Gasteiger partial charge in [-0.3, -0.25) is 14.4 Å². The van der Waals surface area contributed by atoms with Crippen LogP contribution in [0.25, 0.3) is 0 Å². The summed E-state index contributed by atoms with van der Waals surface area (Å²) in [7, 11) is 0. The third-order valence-electron chi connectivity index (χ3n) is 8.07. The molecule has 1 spiro atoms. The third-order valence-corrected chi connectivity index (χ3v) is 8.07. The lowest BCUT2D eigenvalue weighted by atomic mass is 9.49. The Morgan fingerprint density at radius 2 is 1.86 bits per heavy atom. The summed E-state index contributed by atoms with van der Waals surface area (Å²) >= 11 is 0. The molecule has 1 aliphatic heterocycles. The fourth-order valence-corrected chi connectivity index (χ4v) is 6.24. The van der Waals surface area contributed by atoms with Gasteiger partial charge in [-0.05, 0) is 32.1 Å². The molecule has 9 heteroatoms. The number of carboxylic acids is 1. The van der Waals surface area contributed by atoms with Crippen molar-refractivity contribution in [2.45, 2.75) is 95.0 Å². The lowest BCUT2D eigenvalue weighted by Crippen LogP contribution is -2.69. The molecule has 196 valence electrons. The summed E-state index contributed by atoms with van der Waals surface area (Å²) in [5.74, 6) is -4.39. The van der Waals surface area contributed by atoms with Crippen molar-refractivity contribution < 1.29 is 39.9 Å². The quantitative estimate of drug-likeness (QED) is 0.163. The predicted molar refractivity (Wildman–Crippen MR) is 127 cm³/mol. The number of hydrogen-bond acceptors (Lipinski definition) is 8. The summed E-state index contributed by atoms with van der Waals surface area (Å²) in [5, 5.41) is 56.2. The summed E-state index contributed by atoms with van der Waals surface area (Å²) in [5.41, 5.74) is -2.78. The molecule has 35 heavy (non-hydrogen) atoms. The highest BCUT2D eigenvalue weighted by Crippen LogP contribution is 2.59. The van der Waals surface area contributed by atoms with Gasteiger partial charge < -0.3 is 30.8 Å². The Morgan fingerprint density at radius 3 is 2.54 bits per heavy atom. The van der Waals surface area contributed by atoms with E-state index in [-0.39, 0.29) is 25.8 Å². The molecule has 3 aliphatic rings. The number of aliphatic carboxylic acids is 1. The van der Waals surface area contributed by atoms with E-state index in [1.165, 1.54) is 6.08 Å². The molecule has 0 aromatic heterocycles. The number of carbonyl (C=O) groups is 3. The summed E-state index contributed by atoms with van der Waals surface area (Å²) in [4.78, 5) is 36.9. The van der Waals surface area contributed by atoms with Gasteiger partial charge in [0.15, 0.2) is 11.6 Å². The first-order chi connectivity index (χ1) is 16.6. The molecule has 1 saturated heterocycles. The predicted octanol–water partition coefficient (Wildman–Crippen LogP) is 1.23. The standard InChI is InChI=1S/C26H39NO8/c1-2-3-7-10-16-23(33)22(24(34)17(28)11-8-5-4-6-9-12-21(31)32)26(35)15-25(16)18(13-19(26)29)27-14-20(25)30/h3,7,13,16-17,20,22-23,27-28,30,33,35H,2,4-6,8-12,14-15H2,1H3,(H,31,32)/b7-3-/t16-,17+,20+,22+,23+,25?,26?/m1/s1. The largest absolute Gasteiger partial charge is 0.481 e. The molecule has 3 rings (SSSR count). The zero-order chi connectivity index (χ0) is 25.8. The van der Waals surface area contributed by atoms with Crippen molar-refractivity contribution in [3.05, 3.63) is 23.9 Å². The minimum atomic E-state index is -2.20. The average Bonchev–Trinajstić information content (AvgIpc) is 3.10. The van der Waals surface area contributed by atoms with Crippen molar-refractivity contribution in [2.24, 2.45) is 17.3 Å². The Morgan fingerprint density at radius 1 is 1.17 bits per heavy atom. The second kappa shape index (κ2) is 11.3. The second-order valence-electron chi connectivity index (χ2n) is 10.3. The van der Waals surface area contributed by atoms with Gasteiger partial charge in [0.2, 0.25) is 0 Å². The fraction of sp³-hybridized carbons (Fsp3) is 0.731. The van der Waals surface area contributed by atoms with Crippen molar-refractivity contribution in [1.82, 2.24) is 5.32 Å². The zero-order valence-corrected chi connectivity index (χ0v) is 20.4. The minimum absolute atomic E-state index is 0.115. The maximum absolute atomic E-state index is 13.3. The zero-order valence-electron chi connectivity index (χ0n) is 20.4. The number of nitrogens with one attached hydrogen (secondary N) is 1. The van der Waals surface area contributed by atoms with Crippen LogP contribution in [0.2, 0.25) is 0 Å². The highest BCUT2D eigenvalue weighted by atomic mass is 16.4. The maximum Gasteiger partial charge on any atom is 0.303 e. The number of ketones is 2. The van der Waals surface area contributed by atoms with E-state index in [1.54, 1.807) is 0 Å². The number of carboxylic acid groups (broad SMARTS) is 1. The summed E-state index contributed by atoms with van der Waals surface area (Å²) in [6, 6.07) is 0. The van der Waals surface area contributed by atoms with Crippen molar-refractivity contribution in [3.63, 3.8) is 0 Å². The van der Waals surface area contributed by atoms with Crippen LogP contribution in [-0.4, -0.2) is 73.5 Å². The molecule has 0 radical (unpaired) electrons. The van der Waals surface area contributed by atoms with Gasteiger partial charge in [0, 0.05) is 36.1 Å². The molecule has 9 nitrogen and oxygen atoms in total. The Bertz CT molecular complexity index is 869. The van der Waals surface area contributed by atoms with Crippen molar-refractivity contribution in [1.29, 1.82) is 0 Å². The van der Waals surface area contributed by atoms with Crippen LogP contribution in [0.4, 0.5) is 0 Å². The first-order valence-corrected chi connectivity index (χ1v) is 12.8. The van der Waals surface area contributed by atoms with Crippen LogP contribution in [0.5, 0.6) is 0 Å². The molecule has 0 aromatic rings. The number of rotatable bonds is 13. The first kappa shape index (κ1) is 27.5. The topological polar surface area (TPSA) is 164 Å². The Labute approximate surface area is 205 Å². The van der Waals surface area contributed by atoms with E-state index in [0.717, 1.165) is 19.3 Å². The number of aliphatic hydroxyl groups is 4. The summed E-state index contributed by atoms with van der Waals surface area (Å²) in [6.07, 6.45) is 5.77. The molecular formula is C26H39NO8. The number of carbonyl (C=O) groups excluding carboxylic acids is 2. The number of β-amino-alcohol motifs (C(OH)–C–C–N with tert-alkyl or cyclic N) is 1. The van der Waals surface area contributed by atoms with Crippen molar-refractivity contribution in [3.8, 4) is 0 Å². The van der Waals surface area contributed by atoms with Crippen LogP contribution in [0.1, 0.15) is 71.1 Å². The highest BCUT2D eigenvalue weighted by Gasteiger charge is 2.69. The Hall–Kier alpha value is -2.07. The fourth-order valence-electron chi connectivity index (χ4n) is 6.24. The number of Topliss-reactive ketones (excluding diaryl/α,β-unsaturated/α-hetero) is 1. The first-order valence-electron chi connectivity index (χ1n) is 12.8. The van der Waals surface area contributed by atoms with E-state index in [4.69, 9.17) is 5.11 Å². The molecule has 0 aromatic carbocycles. The SMILES string of the molecule is CC/C=C\C[C@@H]1[C@H](O)[C@@H](C(=O)[C@@H](O)CCCCCCCC(=O)O)C2(O)CC13C(=CC2=O)NC[C@@H]3O. The van der Waals surface area contributed by atoms with E-state index >= 15 is 0 Å². The normalized spacial score (nSPS) is 34.9. The van der Waals surface area contributed by atoms with Crippen LogP contribution in [-0.2, 0) is 14.4 Å². The molecule has 0 amide bonds. The average molecular weight is 494 g/mol. The van der Waals surface area contributed by atoms with Crippen LogP contribution in [0.15, 0.2) is 23.9 Å². The Balaban J connectivity index is 1.75. The van der Waals surface area contributed by atoms with Gasteiger partial charge in [-0.2, -0.15) is 0 Å². The van der Waals surface area contributed by atoms with Crippen LogP contribution < -0.4 is 5.32 Å². The van der Waals surface area contributed by atoms with Crippen LogP contribution in [0.3, 0.4) is 0 Å². The van der Waals surface area contributed by atoms with Gasteiger partial charge in [0.1, 0.15) is 11.7 Å². The van der Waals surface area contributed by atoms with Gasteiger partial charge >= 0.3 is 5.97 Å². The Kier molecular flexibility index (Phi) is 8.91. The van der Waals surface area contributed by atoms with Gasteiger partial charge in [-0.25, -0.2) is 0 Å². The van der Waals surface area contributed by atoms with Gasteiger partial charge in [0.25, 0.3) is 0 Å². The minimum Gasteiger partial charge on any atom is -0.481 e. The highest BCUT2D eigenvalue weighted by molar-refractivity contribution is 6.04. The molecule has 2 aliphatic carbocycles. The number of aliphatic hydroxyl groups excluding tert-OH is 3. The molecule has 1 heterocycles. The molecular weight excluding hydrogens is 454 g/mol. The van der Waals surface area contributed by atoms with E-state index in [0.29, 0.717) is 31.4 Å². The third kappa shape index (κ3) is 5.23. The lowest BCUT2D eigenvalue weighted by molar-refractivity contribution is -0.199. The molecule has 2 bridgehead atoms. The molecule has 6 N–H and O–H groups in total. The summed E-state index contributed by atoms with van der Waals surface area (Å²) < 4.78 is 0. The van der Waals surface area contributed by atoms with E-state index in [9.17, 15) is 34.8 Å². The van der Waals surface area contributed by atoms with E-state index in [2.05, 4.69) is 5.32 Å². The lowest BCUT2D eigenvalue weighted by Gasteiger charge is -2.56. The monoisotopic (exact) mass is 493 g/mol. The number of unbranched alkanes of at least 4 members (excludes halogenated alkanes) is 4. The second-order valence-corrected chi connectivity index (χ2v) is 10.3. The van der Waals surface area contributed by atoms with Gasteiger partial charge in [-0.15, -0.1) is 0 Å². The van der Waals surface area contributed by atoms with Crippen LogP contribution in [0, 0.1) is 17.3 Å². The molecule has 1 saturated carbocycles. The molecule has 2 fully saturated rings. The number of hydrogen-bond donors (Lipinski definition) is 6. The number of fused-ring (bicyclic) bond motifs is 1. The van der Waals surface area contributed by atoms with Gasteiger partial charge in [0.05, 0.1) is 18.1 Å². The van der Waals surface area contributed by atoms with Gasteiger partial charge in [-0.1, -0.05) is 44.8 Å². The van der Waals surface area contributed by atoms with Crippen LogP contribution >= 0.6 is 0 Å². The number of allylic oxidation sites excluding steroid dienone is 2. The molecule has 7 atom stereocenters. The smallest absolute Gasteiger partial charge is 0.303 e. The molecule has 2 unspecified atom stereocenters. The van der Waals surface area contributed by atoms with E-state index in [1.807, 2.05) is 19.1 Å². The van der Waals surface area contributed by atoms with Crippen molar-refractivity contribution >= 4 is 17.5 Å². The van der Waals surface area contributed by atoms with Crippen molar-refractivity contribution in [2.75, 3.05) is 6.54 Å². The summed E-state index contributed by atoms with van der Waals surface area (Å²) in [6.45, 7) is 2.15.